The first-order valence-corrected chi connectivity index (χ1v) is 5.33. The Morgan fingerprint density at radius 2 is 1.72 bits per heavy atom. The first-order chi connectivity index (χ1) is 8.03. The van der Waals surface area contributed by atoms with Crippen molar-refractivity contribution < 1.29 is 22.8 Å². The summed E-state index contributed by atoms with van der Waals surface area (Å²) in [5, 5.41) is 0. The quantitative estimate of drug-likeness (QED) is 0.775. The van der Waals surface area contributed by atoms with Gasteiger partial charge in [0.05, 0.1) is 0 Å². The molecule has 0 heterocycles. The summed E-state index contributed by atoms with van der Waals surface area (Å²) >= 11 is 0. The van der Waals surface area contributed by atoms with Crippen LogP contribution in [0.3, 0.4) is 0 Å². The maximum absolute atomic E-state index is 12.3. The van der Waals surface area contributed by atoms with Crippen molar-refractivity contribution >= 4 is 11.8 Å². The van der Waals surface area contributed by atoms with Gasteiger partial charge in [0.1, 0.15) is 13.1 Å². The molecule has 0 bridgehead atoms. The predicted molar refractivity (Wildman–Crippen MR) is 59.6 cm³/mol. The van der Waals surface area contributed by atoms with Gasteiger partial charge in [-0.05, 0) is 6.92 Å². The lowest BCUT2D eigenvalue weighted by atomic mass is 10.2. The van der Waals surface area contributed by atoms with Crippen LogP contribution in [-0.4, -0.2) is 61.0 Å². The van der Waals surface area contributed by atoms with Gasteiger partial charge in [-0.2, -0.15) is 13.2 Å². The van der Waals surface area contributed by atoms with Crippen LogP contribution in [0.5, 0.6) is 0 Å². The molecule has 2 N–H and O–H groups in total. The summed E-state index contributed by atoms with van der Waals surface area (Å²) in [6.45, 7) is -0.534. The Hall–Kier alpha value is -1.31. The number of amides is 2. The molecule has 0 spiro atoms. The molecule has 0 aromatic carbocycles. The van der Waals surface area contributed by atoms with E-state index in [1.807, 2.05) is 0 Å². The van der Waals surface area contributed by atoms with Crippen LogP contribution in [0.25, 0.3) is 0 Å². The van der Waals surface area contributed by atoms with Crippen LogP contribution in [0, 0.1) is 0 Å². The molecule has 0 aromatic heterocycles. The second kappa shape index (κ2) is 6.58. The minimum atomic E-state index is -4.54. The normalized spacial score (nSPS) is 13.1. The number of hydrogen-bond donors (Lipinski definition) is 1. The van der Waals surface area contributed by atoms with E-state index in [-0.39, 0.29) is 6.42 Å². The van der Waals surface area contributed by atoms with E-state index in [0.717, 1.165) is 4.90 Å². The highest BCUT2D eigenvalue weighted by molar-refractivity contribution is 5.84. The zero-order valence-electron chi connectivity index (χ0n) is 10.6. The molecule has 0 aromatic rings. The minimum Gasteiger partial charge on any atom is -0.347 e. The maximum Gasteiger partial charge on any atom is 0.406 e. The molecule has 0 saturated carbocycles. The van der Waals surface area contributed by atoms with Gasteiger partial charge in [0.15, 0.2) is 0 Å². The second-order valence-corrected chi connectivity index (χ2v) is 4.33. The summed E-state index contributed by atoms with van der Waals surface area (Å²) in [5.41, 5.74) is 5.36. The smallest absolute Gasteiger partial charge is 0.347 e. The SMILES string of the molecule is CC(N)CC(=O)N(CC(=O)N(C)C)CC(F)(F)F. The summed E-state index contributed by atoms with van der Waals surface area (Å²) in [6.07, 6.45) is -4.77. The van der Waals surface area contributed by atoms with Gasteiger partial charge in [0, 0.05) is 26.6 Å². The van der Waals surface area contributed by atoms with Crippen LogP contribution in [0.2, 0.25) is 0 Å². The van der Waals surface area contributed by atoms with E-state index in [4.69, 9.17) is 5.73 Å². The molecule has 5 nitrogen and oxygen atoms in total. The lowest BCUT2D eigenvalue weighted by Crippen LogP contribution is -2.46. The molecule has 1 atom stereocenters. The fourth-order valence-electron chi connectivity index (χ4n) is 1.16. The second-order valence-electron chi connectivity index (χ2n) is 4.33. The van der Waals surface area contributed by atoms with Gasteiger partial charge >= 0.3 is 6.18 Å². The molecular formula is C10H18F3N3O2. The molecule has 1 unspecified atom stereocenters. The predicted octanol–water partition coefficient (Wildman–Crippen LogP) is 0.203. The fraction of sp³-hybridized carbons (Fsp3) is 0.800. The first-order valence-electron chi connectivity index (χ1n) is 5.33. The van der Waals surface area contributed by atoms with Crippen LogP contribution >= 0.6 is 0 Å². The maximum atomic E-state index is 12.3. The zero-order valence-corrected chi connectivity index (χ0v) is 10.6. The fourth-order valence-corrected chi connectivity index (χ4v) is 1.16. The number of carbonyl (C=O) groups excluding carboxylic acids is 2. The van der Waals surface area contributed by atoms with Gasteiger partial charge in [-0.1, -0.05) is 0 Å². The molecule has 0 radical (unpaired) electrons. The molecule has 0 aliphatic rings. The topological polar surface area (TPSA) is 66.6 Å². The summed E-state index contributed by atoms with van der Waals surface area (Å²) < 4.78 is 36.9. The monoisotopic (exact) mass is 269 g/mol. The minimum absolute atomic E-state index is 0.225. The van der Waals surface area contributed by atoms with Crippen LogP contribution < -0.4 is 5.73 Å². The van der Waals surface area contributed by atoms with Crippen molar-refractivity contribution in [2.45, 2.75) is 25.6 Å². The van der Waals surface area contributed by atoms with Gasteiger partial charge in [-0.15, -0.1) is 0 Å². The molecule has 0 saturated heterocycles. The number of carbonyl (C=O) groups is 2. The summed E-state index contributed by atoms with van der Waals surface area (Å²) in [6, 6.07) is -0.553. The Bertz CT molecular complexity index is 303. The Labute approximate surface area is 104 Å². The number of alkyl halides is 3. The number of halogens is 3. The van der Waals surface area contributed by atoms with Crippen molar-refractivity contribution in [1.29, 1.82) is 0 Å². The van der Waals surface area contributed by atoms with Gasteiger partial charge in [0.25, 0.3) is 0 Å². The van der Waals surface area contributed by atoms with Crippen LogP contribution in [0.4, 0.5) is 13.2 Å². The number of nitrogens with zero attached hydrogens (tertiary/aromatic N) is 2. The van der Waals surface area contributed by atoms with Gasteiger partial charge < -0.3 is 15.5 Å². The van der Waals surface area contributed by atoms with E-state index >= 15 is 0 Å². The zero-order chi connectivity index (χ0) is 14.5. The molecule has 8 heteroatoms. The number of likely N-dealkylation sites (N-methyl/N-ethyl adjacent to an activating group) is 1. The van der Waals surface area contributed by atoms with E-state index in [2.05, 4.69) is 0 Å². The Morgan fingerprint density at radius 1 is 1.22 bits per heavy atom. The molecular weight excluding hydrogens is 251 g/mol. The molecule has 0 aliphatic carbocycles. The van der Waals surface area contributed by atoms with E-state index in [0.29, 0.717) is 4.90 Å². The van der Waals surface area contributed by atoms with Crippen LogP contribution in [0.1, 0.15) is 13.3 Å². The highest BCUT2D eigenvalue weighted by Gasteiger charge is 2.34. The van der Waals surface area contributed by atoms with Crippen molar-refractivity contribution in [1.82, 2.24) is 9.80 Å². The molecule has 106 valence electrons. The van der Waals surface area contributed by atoms with Crippen molar-refractivity contribution in [3.8, 4) is 0 Å². The van der Waals surface area contributed by atoms with Crippen molar-refractivity contribution in [2.24, 2.45) is 5.73 Å². The van der Waals surface area contributed by atoms with E-state index in [1.54, 1.807) is 0 Å². The Morgan fingerprint density at radius 3 is 2.06 bits per heavy atom. The van der Waals surface area contributed by atoms with Gasteiger partial charge in [-0.25, -0.2) is 0 Å². The molecule has 0 aliphatic heterocycles. The average Bonchev–Trinajstić information content (AvgIpc) is 2.12. The average molecular weight is 269 g/mol. The molecule has 0 rings (SSSR count). The largest absolute Gasteiger partial charge is 0.406 e. The third-order valence-corrected chi connectivity index (χ3v) is 2.04. The van der Waals surface area contributed by atoms with Crippen molar-refractivity contribution in [2.75, 3.05) is 27.2 Å². The molecule has 0 fully saturated rings. The lowest BCUT2D eigenvalue weighted by molar-refractivity contribution is -0.164. The van der Waals surface area contributed by atoms with E-state index < -0.39 is 37.1 Å². The number of nitrogens with two attached hydrogens (primary N) is 1. The summed E-state index contributed by atoms with van der Waals surface area (Å²) in [7, 11) is 2.81. The van der Waals surface area contributed by atoms with Crippen molar-refractivity contribution in [3.05, 3.63) is 0 Å². The molecule has 2 amide bonds. The lowest BCUT2D eigenvalue weighted by Gasteiger charge is -2.25. The van der Waals surface area contributed by atoms with Gasteiger partial charge in [0.2, 0.25) is 11.8 Å². The highest BCUT2D eigenvalue weighted by Crippen LogP contribution is 2.17. The van der Waals surface area contributed by atoms with Crippen molar-refractivity contribution in [3.63, 3.8) is 0 Å². The highest BCUT2D eigenvalue weighted by atomic mass is 19.4. The van der Waals surface area contributed by atoms with Gasteiger partial charge in [-0.3, -0.25) is 9.59 Å². The first kappa shape index (κ1) is 16.7. The Kier molecular flexibility index (Phi) is 6.10. The standard InChI is InChI=1S/C10H18F3N3O2/c1-7(14)4-8(17)16(6-10(11,12)13)5-9(18)15(2)3/h7H,4-6,14H2,1-3H3. The number of hydrogen-bond acceptors (Lipinski definition) is 3. The summed E-state index contributed by atoms with van der Waals surface area (Å²) in [4.78, 5) is 24.5. The Balaban J connectivity index is 4.72. The molecule has 18 heavy (non-hydrogen) atoms. The van der Waals surface area contributed by atoms with E-state index in [9.17, 15) is 22.8 Å². The van der Waals surface area contributed by atoms with E-state index in [1.165, 1.54) is 21.0 Å². The van der Waals surface area contributed by atoms with Crippen LogP contribution in [-0.2, 0) is 9.59 Å². The summed E-state index contributed by atoms with van der Waals surface area (Å²) in [5.74, 6) is -1.35. The van der Waals surface area contributed by atoms with Crippen LogP contribution in [0.15, 0.2) is 0 Å². The number of rotatable bonds is 5. The third-order valence-electron chi connectivity index (χ3n) is 2.04. The third kappa shape index (κ3) is 7.10.